The van der Waals surface area contributed by atoms with E-state index in [-0.39, 0.29) is 31.6 Å². The minimum absolute atomic E-state index is 0.0240. The van der Waals surface area contributed by atoms with Crippen LogP contribution in [0.2, 0.25) is 20.1 Å². The van der Waals surface area contributed by atoms with Crippen LogP contribution in [0.5, 0.6) is 11.5 Å². The molecule has 0 unspecified atom stereocenters. The molecular weight excluding hydrogens is 545 g/mol. The van der Waals surface area contributed by atoms with E-state index < -0.39 is 17.7 Å². The number of rotatable bonds is 3. The molecule has 0 radical (unpaired) electrons. The highest BCUT2D eigenvalue weighted by Gasteiger charge is 2.60. The summed E-state index contributed by atoms with van der Waals surface area (Å²) in [6.45, 7) is 0. The van der Waals surface area contributed by atoms with Crippen molar-refractivity contribution in [3.63, 3.8) is 0 Å². The highest BCUT2D eigenvalue weighted by Crippen LogP contribution is 2.60. The van der Waals surface area contributed by atoms with E-state index in [1.165, 1.54) is 12.1 Å². The van der Waals surface area contributed by atoms with E-state index in [9.17, 15) is 4.39 Å². The lowest BCUT2D eigenvalue weighted by Crippen LogP contribution is -2.49. The van der Waals surface area contributed by atoms with Gasteiger partial charge in [0.2, 0.25) is 6.10 Å². The molecule has 4 aromatic rings. The van der Waals surface area contributed by atoms with Crippen molar-refractivity contribution in [2.24, 2.45) is 0 Å². The van der Waals surface area contributed by atoms with Crippen molar-refractivity contribution in [3.8, 4) is 11.5 Å². The van der Waals surface area contributed by atoms with Gasteiger partial charge in [-0.25, -0.2) is 4.39 Å². The largest absolute Gasteiger partial charge is 0.471 e. The van der Waals surface area contributed by atoms with Crippen LogP contribution in [-0.2, 0) is 10.5 Å². The second kappa shape index (κ2) is 8.89. The average Bonchev–Trinajstić information content (AvgIpc) is 3.26. The lowest BCUT2D eigenvalue weighted by molar-refractivity contribution is -0.188. The zero-order valence-electron chi connectivity index (χ0n) is 18.3. The van der Waals surface area contributed by atoms with E-state index in [1.54, 1.807) is 12.1 Å². The fourth-order valence-corrected chi connectivity index (χ4v) is 5.39. The van der Waals surface area contributed by atoms with Crippen molar-refractivity contribution >= 4 is 57.7 Å². The van der Waals surface area contributed by atoms with Gasteiger partial charge in [0.05, 0.1) is 15.6 Å². The molecule has 3 nitrogen and oxygen atoms in total. The number of benzene rings is 4. The summed E-state index contributed by atoms with van der Waals surface area (Å²) in [4.78, 5) is 0. The summed E-state index contributed by atoms with van der Waals surface area (Å²) in [5, 5.41) is 0.164. The van der Waals surface area contributed by atoms with Gasteiger partial charge in [0.1, 0.15) is 21.6 Å². The van der Waals surface area contributed by atoms with Gasteiger partial charge in [-0.05, 0) is 29.8 Å². The first-order valence-corrected chi connectivity index (χ1v) is 12.4. The van der Waals surface area contributed by atoms with Crippen LogP contribution in [0.25, 0.3) is 11.3 Å². The SMILES string of the molecule is Fc1ccc([C@]23OC(c4ccccc4)=C(c4ccccc4)[C@@H]2Oc2c(Cl)c(Cl)c(Cl)c(Cl)c2O3)cc1. The first-order valence-electron chi connectivity index (χ1n) is 10.9. The zero-order chi connectivity index (χ0) is 25.0. The molecule has 0 aromatic heterocycles. The van der Waals surface area contributed by atoms with E-state index in [2.05, 4.69) is 0 Å². The van der Waals surface area contributed by atoms with Crippen LogP contribution in [0, 0.1) is 5.82 Å². The molecular formula is C28H15Cl4FO3. The number of ether oxygens (including phenoxy) is 3. The molecule has 0 N–H and O–H groups in total. The van der Waals surface area contributed by atoms with Gasteiger partial charge in [-0.1, -0.05) is 107 Å². The fourth-order valence-electron chi connectivity index (χ4n) is 4.49. The average molecular weight is 560 g/mol. The molecule has 8 heteroatoms. The molecule has 0 amide bonds. The summed E-state index contributed by atoms with van der Waals surface area (Å²) in [7, 11) is 0. The Balaban J connectivity index is 1.65. The van der Waals surface area contributed by atoms with Gasteiger partial charge in [-0.3, -0.25) is 0 Å². The molecule has 36 heavy (non-hydrogen) atoms. The van der Waals surface area contributed by atoms with Gasteiger partial charge >= 0.3 is 5.79 Å². The topological polar surface area (TPSA) is 27.7 Å². The van der Waals surface area contributed by atoms with Crippen LogP contribution in [0.15, 0.2) is 84.9 Å². The Morgan fingerprint density at radius 2 is 1.17 bits per heavy atom. The fraction of sp³-hybridized carbons (Fsp3) is 0.0714. The van der Waals surface area contributed by atoms with Gasteiger partial charge in [0.25, 0.3) is 0 Å². The highest BCUT2D eigenvalue weighted by atomic mass is 35.5. The van der Waals surface area contributed by atoms with Gasteiger partial charge in [0, 0.05) is 11.1 Å². The third kappa shape index (κ3) is 3.55. The molecule has 180 valence electrons. The summed E-state index contributed by atoms with van der Waals surface area (Å²) >= 11 is 25.8. The van der Waals surface area contributed by atoms with Crippen LogP contribution in [0.4, 0.5) is 4.39 Å². The predicted molar refractivity (Wildman–Crippen MR) is 140 cm³/mol. The maximum Gasteiger partial charge on any atom is 0.320 e. The lowest BCUT2D eigenvalue weighted by Gasteiger charge is -2.41. The van der Waals surface area contributed by atoms with E-state index in [0.717, 1.165) is 16.7 Å². The number of hydrogen-bond donors (Lipinski definition) is 0. The third-order valence-electron chi connectivity index (χ3n) is 6.15. The standard InChI is InChI=1S/C28H15Cl4FO3/c29-20-21(30)23(32)26-25(22(20)31)34-27-19(15-7-3-1-4-8-15)24(16-9-5-2-6-10-16)35-28(27,36-26)17-11-13-18(33)14-12-17/h1-14,27H/t27-,28+/m0/s1. The molecule has 0 bridgehead atoms. The van der Waals surface area contributed by atoms with Gasteiger partial charge < -0.3 is 14.2 Å². The summed E-state index contributed by atoms with van der Waals surface area (Å²) in [5.41, 5.74) is 2.88. The Labute approximate surface area is 226 Å². The second-order valence-electron chi connectivity index (χ2n) is 8.27. The van der Waals surface area contributed by atoms with Crippen LogP contribution in [0.1, 0.15) is 16.7 Å². The van der Waals surface area contributed by atoms with Crippen molar-refractivity contribution in [1.82, 2.24) is 0 Å². The van der Waals surface area contributed by atoms with Crippen LogP contribution >= 0.6 is 46.4 Å². The molecule has 6 rings (SSSR count). The Morgan fingerprint density at radius 1 is 0.611 bits per heavy atom. The Morgan fingerprint density at radius 3 is 1.78 bits per heavy atom. The monoisotopic (exact) mass is 558 g/mol. The molecule has 4 aromatic carbocycles. The predicted octanol–water partition coefficient (Wildman–Crippen LogP) is 9.03. The highest BCUT2D eigenvalue weighted by molar-refractivity contribution is 6.53. The number of hydrogen-bond acceptors (Lipinski definition) is 3. The first kappa shape index (κ1) is 23.5. The Kier molecular flexibility index (Phi) is 5.81. The molecule has 2 atom stereocenters. The molecule has 0 saturated heterocycles. The third-order valence-corrected chi connectivity index (χ3v) is 7.91. The number of halogens is 5. The summed E-state index contributed by atoms with van der Waals surface area (Å²) in [5.74, 6) is -1.21. The van der Waals surface area contributed by atoms with Gasteiger partial charge in [-0.2, -0.15) is 0 Å². The normalized spacial score (nSPS) is 20.2. The zero-order valence-corrected chi connectivity index (χ0v) is 21.3. The Hall–Kier alpha value is -2.89. The maximum atomic E-state index is 13.9. The van der Waals surface area contributed by atoms with Crippen molar-refractivity contribution in [3.05, 3.63) is 128 Å². The lowest BCUT2D eigenvalue weighted by atomic mass is 9.90. The van der Waals surface area contributed by atoms with Crippen LogP contribution < -0.4 is 9.47 Å². The minimum atomic E-state index is -1.57. The van der Waals surface area contributed by atoms with Crippen LogP contribution in [-0.4, -0.2) is 6.10 Å². The molecule has 0 spiro atoms. The van der Waals surface area contributed by atoms with Crippen molar-refractivity contribution in [1.29, 1.82) is 0 Å². The number of fused-ring (bicyclic) bond motifs is 2. The maximum absolute atomic E-state index is 13.9. The van der Waals surface area contributed by atoms with E-state index in [4.69, 9.17) is 60.6 Å². The summed E-state index contributed by atoms with van der Waals surface area (Å²) in [6, 6.07) is 25.1. The van der Waals surface area contributed by atoms with E-state index >= 15 is 0 Å². The molecule has 0 aliphatic carbocycles. The molecule has 0 fully saturated rings. The quantitative estimate of drug-likeness (QED) is 0.185. The Bertz CT molecular complexity index is 1510. The van der Waals surface area contributed by atoms with Gasteiger partial charge in [0.15, 0.2) is 11.5 Å². The van der Waals surface area contributed by atoms with Crippen molar-refractivity contribution < 1.29 is 18.6 Å². The minimum Gasteiger partial charge on any atom is -0.471 e. The molecule has 0 saturated carbocycles. The smallest absolute Gasteiger partial charge is 0.320 e. The van der Waals surface area contributed by atoms with Crippen molar-refractivity contribution in [2.45, 2.75) is 11.9 Å². The van der Waals surface area contributed by atoms with E-state index in [1.807, 2.05) is 60.7 Å². The summed E-state index contributed by atoms with van der Waals surface area (Å²) < 4.78 is 33.7. The van der Waals surface area contributed by atoms with Crippen molar-refractivity contribution in [2.75, 3.05) is 0 Å². The first-order chi connectivity index (χ1) is 17.4. The van der Waals surface area contributed by atoms with E-state index in [0.29, 0.717) is 11.3 Å². The molecule has 2 aliphatic heterocycles. The second-order valence-corrected chi connectivity index (χ2v) is 9.78. The summed E-state index contributed by atoms with van der Waals surface area (Å²) in [6.07, 6.45) is -0.862. The molecule has 2 heterocycles. The van der Waals surface area contributed by atoms with Gasteiger partial charge in [-0.15, -0.1) is 0 Å². The molecule has 2 aliphatic rings. The van der Waals surface area contributed by atoms with Crippen LogP contribution in [0.3, 0.4) is 0 Å².